The molecule has 140 valence electrons. The lowest BCUT2D eigenvalue weighted by molar-refractivity contribution is 0.830. The van der Waals surface area contributed by atoms with Gasteiger partial charge in [0.05, 0.1) is 0 Å². The lowest BCUT2D eigenvalue weighted by atomic mass is 10.2. The third-order valence-corrected chi connectivity index (χ3v) is 5.28. The molecule has 3 rings (SSSR count). The van der Waals surface area contributed by atoms with Crippen molar-refractivity contribution >= 4 is 35.1 Å². The molecule has 27 heavy (non-hydrogen) atoms. The summed E-state index contributed by atoms with van der Waals surface area (Å²) in [6, 6.07) is 21.9. The van der Waals surface area contributed by atoms with E-state index in [1.807, 2.05) is 66.7 Å². The first kappa shape index (κ1) is 20.6. The van der Waals surface area contributed by atoms with E-state index in [0.29, 0.717) is 11.2 Å². The Hall–Kier alpha value is -2.70. The zero-order valence-electron chi connectivity index (χ0n) is 15.3. The molecule has 1 aromatic heterocycles. The predicted molar refractivity (Wildman–Crippen MR) is 119 cm³/mol. The molecule has 0 spiro atoms. The van der Waals surface area contributed by atoms with Gasteiger partial charge in [-0.05, 0) is 37.2 Å². The molecule has 6 heteroatoms. The van der Waals surface area contributed by atoms with E-state index in [0.717, 1.165) is 35.0 Å². The largest absolute Gasteiger partial charge is 0.359 e. The Bertz CT molecular complexity index is 959. The lowest BCUT2D eigenvalue weighted by Gasteiger charge is -2.10. The van der Waals surface area contributed by atoms with Crippen LogP contribution in [-0.4, -0.2) is 8.52 Å². The summed E-state index contributed by atoms with van der Waals surface area (Å²) in [6.07, 6.45) is 1.41. The van der Waals surface area contributed by atoms with E-state index in [1.165, 1.54) is 4.57 Å². The van der Waals surface area contributed by atoms with Crippen molar-refractivity contribution in [1.29, 1.82) is 0 Å². The number of hydrogen-bond donors (Lipinski definition) is 1. The van der Waals surface area contributed by atoms with Crippen molar-refractivity contribution in [2.75, 3.05) is 5.32 Å². The fourth-order valence-corrected chi connectivity index (χ4v) is 3.33. The molecule has 0 atom stereocenters. The smallest absolute Gasteiger partial charge is 0.325 e. The van der Waals surface area contributed by atoms with E-state index >= 15 is 0 Å². The quantitative estimate of drug-likeness (QED) is 0.555. The van der Waals surface area contributed by atoms with Gasteiger partial charge in [0.15, 0.2) is 4.77 Å². The minimum absolute atomic E-state index is 0.0811. The number of benzene rings is 2. The van der Waals surface area contributed by atoms with Crippen LogP contribution in [-0.2, 0) is 7.05 Å². The van der Waals surface area contributed by atoms with E-state index in [1.54, 1.807) is 11.0 Å². The number of allylic oxidation sites excluding steroid dienone is 2. The SMILES string of the molecule is C=C(CCC(=C)n1sc(=O)n(C)c1=S)Nc1ccccc1.c1ccccc1. The summed E-state index contributed by atoms with van der Waals surface area (Å²) in [4.78, 5) is 11.5. The molecule has 0 unspecified atom stereocenters. The van der Waals surface area contributed by atoms with Crippen molar-refractivity contribution in [3.05, 3.63) is 100 Å². The second-order valence-electron chi connectivity index (χ2n) is 5.81. The summed E-state index contributed by atoms with van der Waals surface area (Å²) in [5.41, 5.74) is 2.71. The van der Waals surface area contributed by atoms with Crippen LogP contribution in [0.1, 0.15) is 12.8 Å². The Morgan fingerprint density at radius 2 is 1.52 bits per heavy atom. The molecule has 0 aliphatic heterocycles. The number of nitrogens with zero attached hydrogens (tertiary/aromatic N) is 2. The molecule has 1 N–H and O–H groups in total. The first-order chi connectivity index (χ1) is 13.0. The zero-order chi connectivity index (χ0) is 19.6. The lowest BCUT2D eigenvalue weighted by Crippen LogP contribution is -2.06. The molecule has 0 bridgehead atoms. The van der Waals surface area contributed by atoms with E-state index in [9.17, 15) is 4.79 Å². The van der Waals surface area contributed by atoms with Crippen LogP contribution >= 0.6 is 23.8 Å². The van der Waals surface area contributed by atoms with Crippen LogP contribution in [0.15, 0.2) is 90.4 Å². The molecule has 2 aromatic carbocycles. The Morgan fingerprint density at radius 3 is 2.00 bits per heavy atom. The highest BCUT2D eigenvalue weighted by Crippen LogP contribution is 2.17. The molecule has 4 nitrogen and oxygen atoms in total. The number of anilines is 1. The fraction of sp³-hybridized carbons (Fsp3) is 0.143. The maximum absolute atomic E-state index is 11.6. The fourth-order valence-electron chi connectivity index (χ4n) is 2.16. The second-order valence-corrected chi connectivity index (χ2v) is 7.07. The first-order valence-electron chi connectivity index (χ1n) is 8.46. The molecule has 0 saturated heterocycles. The summed E-state index contributed by atoms with van der Waals surface area (Å²) in [5, 5.41) is 3.25. The van der Waals surface area contributed by atoms with Crippen LogP contribution in [0.25, 0.3) is 5.70 Å². The number of rotatable bonds is 6. The van der Waals surface area contributed by atoms with Crippen molar-refractivity contribution in [2.24, 2.45) is 7.05 Å². The van der Waals surface area contributed by atoms with Crippen LogP contribution in [0, 0.1) is 4.77 Å². The Labute approximate surface area is 168 Å². The van der Waals surface area contributed by atoms with E-state index in [2.05, 4.69) is 18.5 Å². The molecule has 0 aliphatic rings. The maximum atomic E-state index is 11.6. The van der Waals surface area contributed by atoms with Crippen LogP contribution in [0.4, 0.5) is 5.69 Å². The van der Waals surface area contributed by atoms with Crippen molar-refractivity contribution in [3.8, 4) is 0 Å². The minimum atomic E-state index is -0.0811. The molecule has 0 radical (unpaired) electrons. The predicted octanol–water partition coefficient (Wildman–Crippen LogP) is 5.54. The molecule has 0 fully saturated rings. The van der Waals surface area contributed by atoms with Crippen LogP contribution in [0.5, 0.6) is 0 Å². The van der Waals surface area contributed by atoms with Crippen molar-refractivity contribution in [2.45, 2.75) is 12.8 Å². The van der Waals surface area contributed by atoms with Crippen molar-refractivity contribution < 1.29 is 0 Å². The molecule has 0 aliphatic carbocycles. The molecular weight excluding hydrogens is 374 g/mol. The summed E-state index contributed by atoms with van der Waals surface area (Å²) in [5.74, 6) is 0. The van der Waals surface area contributed by atoms with Gasteiger partial charge in [-0.15, -0.1) is 0 Å². The van der Waals surface area contributed by atoms with Gasteiger partial charge < -0.3 is 5.32 Å². The Morgan fingerprint density at radius 1 is 1.00 bits per heavy atom. The maximum Gasteiger partial charge on any atom is 0.325 e. The number of para-hydroxylation sites is 1. The molecule has 0 amide bonds. The van der Waals surface area contributed by atoms with Gasteiger partial charge >= 0.3 is 4.87 Å². The van der Waals surface area contributed by atoms with Crippen molar-refractivity contribution in [1.82, 2.24) is 8.52 Å². The highest BCUT2D eigenvalue weighted by molar-refractivity contribution is 7.71. The average Bonchev–Trinajstić information content (AvgIpc) is 2.96. The van der Waals surface area contributed by atoms with Crippen LogP contribution in [0.3, 0.4) is 0 Å². The van der Waals surface area contributed by atoms with Gasteiger partial charge in [-0.3, -0.25) is 9.36 Å². The zero-order valence-corrected chi connectivity index (χ0v) is 16.9. The van der Waals surface area contributed by atoms with Crippen LogP contribution in [0.2, 0.25) is 0 Å². The van der Waals surface area contributed by atoms with E-state index < -0.39 is 0 Å². The number of nitrogens with one attached hydrogen (secondary N) is 1. The van der Waals surface area contributed by atoms with Gasteiger partial charge in [-0.25, -0.2) is 3.96 Å². The van der Waals surface area contributed by atoms with Crippen molar-refractivity contribution in [3.63, 3.8) is 0 Å². The third kappa shape index (κ3) is 6.51. The Kier molecular flexibility index (Phi) is 7.98. The normalized spacial score (nSPS) is 9.81. The highest BCUT2D eigenvalue weighted by atomic mass is 32.1. The Balaban J connectivity index is 0.000000369. The molecule has 0 saturated carbocycles. The molecular formula is C21H23N3OS2. The van der Waals surface area contributed by atoms with Gasteiger partial charge in [0.25, 0.3) is 0 Å². The summed E-state index contributed by atoms with van der Waals surface area (Å²) in [6.45, 7) is 8.01. The average molecular weight is 398 g/mol. The van der Waals surface area contributed by atoms with Gasteiger partial charge in [-0.1, -0.05) is 67.8 Å². The third-order valence-electron chi connectivity index (χ3n) is 3.67. The van der Waals surface area contributed by atoms with E-state index in [-0.39, 0.29) is 4.87 Å². The summed E-state index contributed by atoms with van der Waals surface area (Å²) < 4.78 is 3.63. The summed E-state index contributed by atoms with van der Waals surface area (Å²) >= 11 is 6.29. The number of aromatic nitrogens is 2. The molecule has 1 heterocycles. The number of hydrogen-bond acceptors (Lipinski definition) is 4. The van der Waals surface area contributed by atoms with Gasteiger partial charge in [0, 0.05) is 35.7 Å². The molecule has 3 aromatic rings. The second kappa shape index (κ2) is 10.4. The topological polar surface area (TPSA) is 39.0 Å². The van der Waals surface area contributed by atoms with Gasteiger partial charge in [-0.2, -0.15) is 0 Å². The van der Waals surface area contributed by atoms with Crippen LogP contribution < -0.4 is 10.2 Å². The van der Waals surface area contributed by atoms with Gasteiger partial charge in [0.1, 0.15) is 0 Å². The summed E-state index contributed by atoms with van der Waals surface area (Å²) in [7, 11) is 1.67. The van der Waals surface area contributed by atoms with Gasteiger partial charge in [0.2, 0.25) is 0 Å². The minimum Gasteiger partial charge on any atom is -0.359 e. The highest BCUT2D eigenvalue weighted by Gasteiger charge is 2.07. The van der Waals surface area contributed by atoms with E-state index in [4.69, 9.17) is 12.2 Å². The first-order valence-corrected chi connectivity index (χ1v) is 9.64. The standard InChI is InChI=1S/C15H17N3OS2.C6H6/c1-11(16-13-7-5-4-6-8-13)9-10-12(2)18-14(20)17(3)15(19)21-18;1-2-4-6-5-3-1/h4-8,16H,1-2,9-10H2,3H3;1-6H. The monoisotopic (exact) mass is 397 g/mol.